The zero-order valence-electron chi connectivity index (χ0n) is 18.3. The maximum Gasteiger partial charge on any atom is 0.240 e. The number of nitrogens with one attached hydrogen (secondary N) is 2. The molecule has 4 N–H and O–H groups in total. The van der Waals surface area contributed by atoms with Crippen LogP contribution in [0.3, 0.4) is 0 Å². The first kappa shape index (κ1) is 21.3. The molecule has 1 saturated heterocycles. The van der Waals surface area contributed by atoms with Gasteiger partial charge in [-0.05, 0) is 57.4 Å². The number of nitrogens with two attached hydrogens (primary N) is 1. The third kappa shape index (κ3) is 4.56. The van der Waals surface area contributed by atoms with Gasteiger partial charge in [0.1, 0.15) is 6.10 Å². The van der Waals surface area contributed by atoms with E-state index in [4.69, 9.17) is 15.2 Å². The molecular weight excluding hydrogens is 378 g/mol. The highest BCUT2D eigenvalue weighted by atomic mass is 16.7. The Balaban J connectivity index is 1.44. The Morgan fingerprint density at radius 2 is 2.00 bits per heavy atom. The highest BCUT2D eigenvalue weighted by Gasteiger charge is 2.42. The molecule has 1 amide bonds. The molecule has 3 aliphatic rings. The van der Waals surface area contributed by atoms with Crippen molar-refractivity contribution in [3.8, 4) is 0 Å². The molecule has 2 aliphatic heterocycles. The lowest BCUT2D eigenvalue weighted by molar-refractivity contribution is -0.285. The van der Waals surface area contributed by atoms with Gasteiger partial charge < -0.3 is 25.8 Å². The van der Waals surface area contributed by atoms with Crippen LogP contribution in [0.2, 0.25) is 0 Å². The number of hydrogen-bond acceptors (Lipinski definition) is 5. The van der Waals surface area contributed by atoms with Gasteiger partial charge in [-0.1, -0.05) is 43.2 Å². The Hall–Kier alpha value is -1.89. The number of hydrogen-bond donors (Lipinski definition) is 3. The second kappa shape index (κ2) is 8.33. The summed E-state index contributed by atoms with van der Waals surface area (Å²) in [6, 6.07) is 10.2. The van der Waals surface area contributed by atoms with Gasteiger partial charge in [-0.15, -0.1) is 0 Å². The van der Waals surface area contributed by atoms with Gasteiger partial charge in [0, 0.05) is 12.0 Å². The summed E-state index contributed by atoms with van der Waals surface area (Å²) in [7, 11) is 0. The average molecular weight is 414 g/mol. The lowest BCUT2D eigenvalue weighted by Gasteiger charge is -2.42. The molecule has 6 heteroatoms. The van der Waals surface area contributed by atoms with Crippen LogP contribution < -0.4 is 16.4 Å². The predicted octanol–water partition coefficient (Wildman–Crippen LogP) is 3.15. The zero-order valence-corrected chi connectivity index (χ0v) is 18.3. The van der Waals surface area contributed by atoms with E-state index in [2.05, 4.69) is 16.8 Å². The third-order valence-corrected chi connectivity index (χ3v) is 6.65. The van der Waals surface area contributed by atoms with E-state index in [-0.39, 0.29) is 18.1 Å². The summed E-state index contributed by atoms with van der Waals surface area (Å²) >= 11 is 0. The van der Waals surface area contributed by atoms with Crippen molar-refractivity contribution >= 4 is 5.91 Å². The fourth-order valence-corrected chi connectivity index (χ4v) is 4.98. The highest BCUT2D eigenvalue weighted by Crippen LogP contribution is 2.37. The van der Waals surface area contributed by atoms with Gasteiger partial charge in [-0.25, -0.2) is 0 Å². The highest BCUT2D eigenvalue weighted by molar-refractivity contribution is 5.86. The van der Waals surface area contributed by atoms with Gasteiger partial charge in [0.05, 0.1) is 18.2 Å². The maximum absolute atomic E-state index is 13.2. The third-order valence-electron chi connectivity index (χ3n) is 6.65. The molecule has 0 radical (unpaired) electrons. The molecule has 1 aliphatic carbocycles. The van der Waals surface area contributed by atoms with Crippen molar-refractivity contribution in [2.75, 3.05) is 6.61 Å². The minimum atomic E-state index is -0.992. The summed E-state index contributed by atoms with van der Waals surface area (Å²) in [5.74, 6) is -0.362. The summed E-state index contributed by atoms with van der Waals surface area (Å²) in [4.78, 5) is 13.2. The number of benzene rings is 1. The molecule has 2 fully saturated rings. The zero-order chi connectivity index (χ0) is 21.4. The van der Waals surface area contributed by atoms with E-state index >= 15 is 0 Å². The van der Waals surface area contributed by atoms with E-state index in [1.165, 1.54) is 31.3 Å². The number of ether oxygens (including phenoxy) is 2. The number of fused-ring (bicyclic) bond motifs is 1. The van der Waals surface area contributed by atoms with Gasteiger partial charge in [0.15, 0.2) is 5.79 Å². The number of carbonyl (C=O) groups excluding carboxylic acids is 1. The summed E-state index contributed by atoms with van der Waals surface area (Å²) in [5, 5.41) is 6.63. The lowest BCUT2D eigenvalue weighted by Crippen LogP contribution is -2.59. The van der Waals surface area contributed by atoms with Crippen molar-refractivity contribution < 1.29 is 14.3 Å². The van der Waals surface area contributed by atoms with Crippen LogP contribution >= 0.6 is 0 Å². The van der Waals surface area contributed by atoms with E-state index in [1.54, 1.807) is 0 Å². The first-order valence-corrected chi connectivity index (χ1v) is 11.2. The Kier molecular flexibility index (Phi) is 5.93. The Bertz CT molecular complexity index is 790. The first-order valence-electron chi connectivity index (χ1n) is 11.2. The quantitative estimate of drug-likeness (QED) is 0.690. The van der Waals surface area contributed by atoms with E-state index < -0.39 is 11.3 Å². The standard InChI is InChI=1S/C24H35N3O3/c1-23(2)29-15-20(21(30-23)16-9-5-4-6-10-16)27-22(28)24(3,25)13-17-14-26-19-12-8-7-11-18(17)19/h4-6,9-10,14,18-21,26H,7-8,11-13,15,25H2,1-3H3,(H,27,28). The summed E-state index contributed by atoms with van der Waals surface area (Å²) in [5.41, 5.74) is 7.86. The molecule has 5 atom stereocenters. The van der Waals surface area contributed by atoms with Crippen molar-refractivity contribution in [1.82, 2.24) is 10.6 Å². The SMILES string of the molecule is CC1(C)OCC(NC(=O)C(C)(N)CC2=CNC3CCCCC23)C(c2ccccc2)O1. The van der Waals surface area contributed by atoms with Gasteiger partial charge in [0.25, 0.3) is 0 Å². The molecule has 4 rings (SSSR count). The second-order valence-electron chi connectivity index (χ2n) is 9.72. The molecule has 1 saturated carbocycles. The van der Waals surface area contributed by atoms with Crippen LogP contribution in [0.1, 0.15) is 64.5 Å². The average Bonchev–Trinajstić information content (AvgIpc) is 3.12. The van der Waals surface area contributed by atoms with E-state index in [1.807, 2.05) is 51.1 Å². The van der Waals surface area contributed by atoms with Crippen molar-refractivity contribution in [2.24, 2.45) is 11.7 Å². The fourth-order valence-electron chi connectivity index (χ4n) is 4.98. The van der Waals surface area contributed by atoms with Crippen LogP contribution in [0.25, 0.3) is 0 Å². The van der Waals surface area contributed by atoms with Gasteiger partial charge in [-0.3, -0.25) is 4.79 Å². The van der Waals surface area contributed by atoms with Crippen molar-refractivity contribution in [1.29, 1.82) is 0 Å². The molecule has 1 aromatic rings. The molecular formula is C24H35N3O3. The number of carbonyl (C=O) groups is 1. The predicted molar refractivity (Wildman–Crippen MR) is 116 cm³/mol. The summed E-state index contributed by atoms with van der Waals surface area (Å²) in [6.45, 7) is 6.00. The van der Waals surface area contributed by atoms with Crippen LogP contribution in [0.4, 0.5) is 0 Å². The monoisotopic (exact) mass is 413 g/mol. The molecule has 0 bridgehead atoms. The van der Waals surface area contributed by atoms with E-state index in [0.717, 1.165) is 5.56 Å². The van der Waals surface area contributed by atoms with E-state index in [0.29, 0.717) is 25.0 Å². The van der Waals surface area contributed by atoms with Crippen LogP contribution in [-0.4, -0.2) is 35.9 Å². The van der Waals surface area contributed by atoms with Crippen molar-refractivity contribution in [3.05, 3.63) is 47.7 Å². The van der Waals surface area contributed by atoms with Crippen molar-refractivity contribution in [3.63, 3.8) is 0 Å². The minimum absolute atomic E-state index is 0.166. The molecule has 30 heavy (non-hydrogen) atoms. The molecule has 1 aromatic carbocycles. The first-order chi connectivity index (χ1) is 14.3. The summed E-state index contributed by atoms with van der Waals surface area (Å²) in [6.07, 6.45) is 7.27. The molecule has 6 nitrogen and oxygen atoms in total. The van der Waals surface area contributed by atoms with Gasteiger partial charge >= 0.3 is 0 Å². The molecule has 0 spiro atoms. The Labute approximate surface area is 179 Å². The lowest BCUT2D eigenvalue weighted by atomic mass is 9.78. The largest absolute Gasteiger partial charge is 0.388 e. The summed E-state index contributed by atoms with van der Waals surface area (Å²) < 4.78 is 12.0. The Morgan fingerprint density at radius 1 is 1.27 bits per heavy atom. The molecule has 164 valence electrons. The normalized spacial score (nSPS) is 32.3. The van der Waals surface area contributed by atoms with Gasteiger partial charge in [0.2, 0.25) is 5.91 Å². The van der Waals surface area contributed by atoms with Crippen LogP contribution in [0, 0.1) is 5.92 Å². The molecule has 2 heterocycles. The second-order valence-corrected chi connectivity index (χ2v) is 9.72. The van der Waals surface area contributed by atoms with Gasteiger partial charge in [-0.2, -0.15) is 0 Å². The topological polar surface area (TPSA) is 85.6 Å². The van der Waals surface area contributed by atoms with Crippen LogP contribution in [-0.2, 0) is 14.3 Å². The smallest absolute Gasteiger partial charge is 0.240 e. The number of rotatable bonds is 5. The van der Waals surface area contributed by atoms with E-state index in [9.17, 15) is 4.79 Å². The minimum Gasteiger partial charge on any atom is -0.388 e. The Morgan fingerprint density at radius 3 is 2.77 bits per heavy atom. The molecule has 5 unspecified atom stereocenters. The van der Waals surface area contributed by atoms with Crippen LogP contribution in [0.5, 0.6) is 0 Å². The van der Waals surface area contributed by atoms with Crippen molar-refractivity contribution in [2.45, 2.75) is 82.4 Å². The maximum atomic E-state index is 13.2. The van der Waals surface area contributed by atoms with Crippen LogP contribution in [0.15, 0.2) is 42.1 Å². The number of amides is 1. The molecule has 0 aromatic heterocycles. The fraction of sp³-hybridized carbons (Fsp3) is 0.625.